The number of hydrogen-bond acceptors (Lipinski definition) is 2. The van der Waals surface area contributed by atoms with Crippen LogP contribution in [0.5, 0.6) is 0 Å². The minimum atomic E-state index is -0.0833. The summed E-state index contributed by atoms with van der Waals surface area (Å²) in [5.74, 6) is 0.835. The summed E-state index contributed by atoms with van der Waals surface area (Å²) in [6.07, 6.45) is 0. The van der Waals surface area contributed by atoms with Crippen LogP contribution < -0.4 is 4.90 Å². The van der Waals surface area contributed by atoms with Crippen LogP contribution in [0.3, 0.4) is 0 Å². The molecule has 0 saturated heterocycles. The third-order valence-corrected chi connectivity index (χ3v) is 7.09. The molecule has 0 unspecified atom stereocenters. The monoisotopic (exact) mass is 475 g/mol. The maximum absolute atomic E-state index is 6.76. The van der Waals surface area contributed by atoms with Crippen molar-refractivity contribution in [2.45, 2.75) is 65.7 Å². The normalized spacial score (nSPS) is 12.2. The van der Waals surface area contributed by atoms with Crippen molar-refractivity contribution in [3.8, 4) is 0 Å². The van der Waals surface area contributed by atoms with Crippen LogP contribution in [0.2, 0.25) is 0 Å². The lowest BCUT2D eigenvalue weighted by Crippen LogP contribution is -2.15. The fraction of sp³-hybridized carbons (Fsp3) is 0.294. The molecule has 0 radical (unpaired) electrons. The van der Waals surface area contributed by atoms with Crippen LogP contribution in [0, 0.1) is 0 Å². The molecule has 0 aliphatic heterocycles. The molecule has 4 aromatic carbocycles. The van der Waals surface area contributed by atoms with Gasteiger partial charge in [0.25, 0.3) is 0 Å². The summed E-state index contributed by atoms with van der Waals surface area (Å²) in [6, 6.07) is 30.6. The molecule has 0 bridgehead atoms. The summed E-state index contributed by atoms with van der Waals surface area (Å²) in [6.45, 7) is 15.9. The molecule has 0 atom stereocenters. The molecule has 0 aliphatic rings. The maximum atomic E-state index is 6.76. The predicted molar refractivity (Wildman–Crippen MR) is 155 cm³/mol. The van der Waals surface area contributed by atoms with E-state index in [0.717, 1.165) is 28.2 Å². The van der Waals surface area contributed by atoms with Gasteiger partial charge in [0.2, 0.25) is 0 Å². The van der Waals surface area contributed by atoms with Crippen molar-refractivity contribution in [3.63, 3.8) is 0 Å². The highest BCUT2D eigenvalue weighted by molar-refractivity contribution is 6.09. The first-order valence-electron chi connectivity index (χ1n) is 13.1. The van der Waals surface area contributed by atoms with Crippen LogP contribution in [0.15, 0.2) is 89.3 Å². The Morgan fingerprint density at radius 2 is 1.17 bits per heavy atom. The second-order valence-electron chi connectivity index (χ2n) is 11.5. The van der Waals surface area contributed by atoms with Gasteiger partial charge < -0.3 is 9.32 Å². The quantitative estimate of drug-likeness (QED) is 0.251. The smallest absolute Gasteiger partial charge is 0.139 e. The summed E-state index contributed by atoms with van der Waals surface area (Å²) in [5.41, 5.74) is 9.25. The molecule has 184 valence electrons. The van der Waals surface area contributed by atoms with Crippen molar-refractivity contribution in [2.75, 3.05) is 4.90 Å². The van der Waals surface area contributed by atoms with Crippen molar-refractivity contribution < 1.29 is 4.42 Å². The number of fused-ring (bicyclic) bond motifs is 3. The third-order valence-electron chi connectivity index (χ3n) is 7.09. The SMILES string of the molecule is CC(C)c1cc(C(C)C)c2oc3c(C(C)(C)C)cc(N(c4ccccc4)c4ccccc4)cc3c2c1. The lowest BCUT2D eigenvalue weighted by molar-refractivity contribution is 0.571. The Bertz CT molecular complexity index is 1460. The molecule has 2 heteroatoms. The Morgan fingerprint density at radius 3 is 1.67 bits per heavy atom. The van der Waals surface area contributed by atoms with Gasteiger partial charge >= 0.3 is 0 Å². The summed E-state index contributed by atoms with van der Waals surface area (Å²) in [4.78, 5) is 2.35. The van der Waals surface area contributed by atoms with Crippen LogP contribution in [-0.2, 0) is 5.41 Å². The van der Waals surface area contributed by atoms with Gasteiger partial charge in [-0.2, -0.15) is 0 Å². The van der Waals surface area contributed by atoms with Crippen molar-refractivity contribution >= 4 is 39.0 Å². The van der Waals surface area contributed by atoms with Crippen molar-refractivity contribution in [3.05, 3.63) is 102 Å². The lowest BCUT2D eigenvalue weighted by atomic mass is 9.85. The van der Waals surface area contributed by atoms with E-state index in [1.807, 2.05) is 0 Å². The molecule has 2 nitrogen and oxygen atoms in total. The molecule has 1 aromatic heterocycles. The van der Waals surface area contributed by atoms with Gasteiger partial charge in [0.05, 0.1) is 0 Å². The Hall–Kier alpha value is -3.52. The summed E-state index contributed by atoms with van der Waals surface area (Å²) >= 11 is 0. The van der Waals surface area contributed by atoms with E-state index in [2.05, 4.69) is 138 Å². The molecular weight excluding hydrogens is 438 g/mol. The number of para-hydroxylation sites is 2. The molecule has 36 heavy (non-hydrogen) atoms. The van der Waals surface area contributed by atoms with Crippen LogP contribution in [0.4, 0.5) is 17.1 Å². The minimum absolute atomic E-state index is 0.0833. The molecule has 0 N–H and O–H groups in total. The van der Waals surface area contributed by atoms with E-state index in [1.54, 1.807) is 0 Å². The van der Waals surface area contributed by atoms with Gasteiger partial charge in [0.1, 0.15) is 11.2 Å². The van der Waals surface area contributed by atoms with Crippen LogP contribution in [0.1, 0.15) is 77.0 Å². The highest BCUT2D eigenvalue weighted by Crippen LogP contribution is 2.45. The van der Waals surface area contributed by atoms with E-state index in [-0.39, 0.29) is 5.41 Å². The maximum Gasteiger partial charge on any atom is 0.139 e. The van der Waals surface area contributed by atoms with E-state index in [4.69, 9.17) is 4.42 Å². The highest BCUT2D eigenvalue weighted by atomic mass is 16.3. The van der Waals surface area contributed by atoms with Gasteiger partial charge in [-0.1, -0.05) is 90.9 Å². The average molecular weight is 476 g/mol. The zero-order valence-corrected chi connectivity index (χ0v) is 22.6. The number of benzene rings is 4. The molecule has 5 rings (SSSR count). The van der Waals surface area contributed by atoms with Crippen molar-refractivity contribution in [2.24, 2.45) is 0 Å². The number of nitrogens with zero attached hydrogens (tertiary/aromatic N) is 1. The minimum Gasteiger partial charge on any atom is -0.455 e. The first-order valence-corrected chi connectivity index (χ1v) is 13.1. The molecule has 0 aliphatic carbocycles. The van der Waals surface area contributed by atoms with Gasteiger partial charge in [0, 0.05) is 33.4 Å². The third kappa shape index (κ3) is 4.30. The summed E-state index contributed by atoms with van der Waals surface area (Å²) in [5, 5.41) is 2.40. The molecule has 0 saturated carbocycles. The zero-order valence-electron chi connectivity index (χ0n) is 22.6. The largest absolute Gasteiger partial charge is 0.455 e. The standard InChI is InChI=1S/C34H37NO/c1-22(2)24-18-28(23(3)4)32-29(19-24)30-20-27(21-31(33(30)36-32)34(5,6)7)35(25-14-10-8-11-15-25)26-16-12-9-13-17-26/h8-23H,1-7H3. The topological polar surface area (TPSA) is 16.4 Å². The Balaban J connectivity index is 1.89. The first kappa shape index (κ1) is 24.2. The van der Waals surface area contributed by atoms with Crippen LogP contribution >= 0.6 is 0 Å². The second-order valence-corrected chi connectivity index (χ2v) is 11.5. The van der Waals surface area contributed by atoms with E-state index in [1.165, 1.54) is 27.5 Å². The van der Waals surface area contributed by atoms with Gasteiger partial charge in [-0.25, -0.2) is 0 Å². The second kappa shape index (κ2) is 9.17. The Morgan fingerprint density at radius 1 is 0.611 bits per heavy atom. The molecule has 0 amide bonds. The van der Waals surface area contributed by atoms with Crippen LogP contribution in [0.25, 0.3) is 21.9 Å². The molecule has 0 fully saturated rings. The number of hydrogen-bond donors (Lipinski definition) is 0. The average Bonchev–Trinajstić information content (AvgIpc) is 3.22. The van der Waals surface area contributed by atoms with Crippen molar-refractivity contribution in [1.29, 1.82) is 0 Å². The van der Waals surface area contributed by atoms with Gasteiger partial charge in [0.15, 0.2) is 0 Å². The van der Waals surface area contributed by atoms with E-state index in [0.29, 0.717) is 11.8 Å². The van der Waals surface area contributed by atoms with Crippen LogP contribution in [-0.4, -0.2) is 0 Å². The predicted octanol–water partition coefficient (Wildman–Crippen LogP) is 10.6. The molecule has 0 spiro atoms. The first-order chi connectivity index (χ1) is 17.1. The Kier molecular flexibility index (Phi) is 6.16. The van der Waals surface area contributed by atoms with Gasteiger partial charge in [-0.05, 0) is 70.8 Å². The summed E-state index contributed by atoms with van der Waals surface area (Å²) < 4.78 is 6.76. The molecule has 5 aromatic rings. The fourth-order valence-corrected chi connectivity index (χ4v) is 5.06. The van der Waals surface area contributed by atoms with E-state index < -0.39 is 0 Å². The number of anilines is 3. The lowest BCUT2D eigenvalue weighted by Gasteiger charge is -2.28. The fourth-order valence-electron chi connectivity index (χ4n) is 5.06. The highest BCUT2D eigenvalue weighted by Gasteiger charge is 2.26. The Labute approximate surface area is 215 Å². The zero-order chi connectivity index (χ0) is 25.6. The van der Waals surface area contributed by atoms with E-state index in [9.17, 15) is 0 Å². The molecule has 1 heterocycles. The summed E-state index contributed by atoms with van der Waals surface area (Å²) in [7, 11) is 0. The molecular formula is C34H37NO. The number of furan rings is 1. The van der Waals surface area contributed by atoms with Crippen molar-refractivity contribution in [1.82, 2.24) is 0 Å². The van der Waals surface area contributed by atoms with Gasteiger partial charge in [-0.15, -0.1) is 0 Å². The number of rotatable bonds is 5. The van der Waals surface area contributed by atoms with Gasteiger partial charge in [-0.3, -0.25) is 0 Å². The van der Waals surface area contributed by atoms with E-state index >= 15 is 0 Å².